The van der Waals surface area contributed by atoms with Crippen LogP contribution in [0.15, 0.2) is 0 Å². The van der Waals surface area contributed by atoms with Crippen molar-refractivity contribution in [2.45, 2.75) is 25.1 Å². The fourth-order valence-corrected chi connectivity index (χ4v) is 1.90. The maximum atomic E-state index is 12.5. The number of likely N-dealkylation sites (tertiary alicyclic amines) is 1. The molecule has 1 rings (SSSR count). The summed E-state index contributed by atoms with van der Waals surface area (Å²) in [5.41, 5.74) is 0. The second kappa shape index (κ2) is 3.76. The first-order valence-electron chi connectivity index (χ1n) is 4.34. The average molecular weight is 211 g/mol. The summed E-state index contributed by atoms with van der Waals surface area (Å²) in [4.78, 5) is 11.7. The Morgan fingerprint density at radius 3 is 2.43 bits per heavy atom. The van der Waals surface area contributed by atoms with Gasteiger partial charge in [0.1, 0.15) is 6.04 Å². The van der Waals surface area contributed by atoms with Crippen molar-refractivity contribution in [2.75, 3.05) is 13.6 Å². The number of piperidine rings is 1. The van der Waals surface area contributed by atoms with Crippen molar-refractivity contribution in [3.05, 3.63) is 0 Å². The molecular weight excluding hydrogens is 199 g/mol. The molecule has 0 radical (unpaired) electrons. The third-order valence-corrected chi connectivity index (χ3v) is 2.53. The van der Waals surface area contributed by atoms with Gasteiger partial charge in [-0.3, -0.25) is 9.69 Å². The second-order valence-corrected chi connectivity index (χ2v) is 3.55. The van der Waals surface area contributed by atoms with E-state index in [9.17, 15) is 18.0 Å². The standard InChI is InChI=1S/C8H12F3NO2/c1-12-4-2-3-5(7(13)14)6(12)8(9,10)11/h5-6H,2-4H2,1H3,(H,13,14). The highest BCUT2D eigenvalue weighted by molar-refractivity contribution is 5.71. The minimum absolute atomic E-state index is 0.101. The number of carboxylic acid groups (broad SMARTS) is 1. The van der Waals surface area contributed by atoms with Crippen LogP contribution in [0.5, 0.6) is 0 Å². The van der Waals surface area contributed by atoms with Crippen LogP contribution in [-0.4, -0.2) is 41.8 Å². The first kappa shape index (κ1) is 11.3. The SMILES string of the molecule is CN1CCCC(C(=O)O)C1C(F)(F)F. The van der Waals surface area contributed by atoms with E-state index in [1.54, 1.807) is 0 Å². The lowest BCUT2D eigenvalue weighted by Gasteiger charge is -2.37. The van der Waals surface area contributed by atoms with Gasteiger partial charge in [-0.2, -0.15) is 13.2 Å². The molecule has 1 aliphatic heterocycles. The molecule has 2 unspecified atom stereocenters. The predicted molar refractivity (Wildman–Crippen MR) is 42.8 cm³/mol. The quantitative estimate of drug-likeness (QED) is 0.711. The van der Waals surface area contributed by atoms with Crippen LogP contribution in [-0.2, 0) is 4.79 Å². The van der Waals surface area contributed by atoms with Gasteiger partial charge in [0.2, 0.25) is 0 Å². The zero-order chi connectivity index (χ0) is 10.9. The second-order valence-electron chi connectivity index (χ2n) is 3.55. The van der Waals surface area contributed by atoms with Crippen molar-refractivity contribution in [2.24, 2.45) is 5.92 Å². The van der Waals surface area contributed by atoms with Gasteiger partial charge >= 0.3 is 12.1 Å². The number of aliphatic carboxylic acids is 1. The molecule has 1 fully saturated rings. The van der Waals surface area contributed by atoms with Crippen LogP contribution >= 0.6 is 0 Å². The predicted octanol–water partition coefficient (Wildman–Crippen LogP) is 1.34. The number of carboxylic acids is 1. The van der Waals surface area contributed by atoms with Gasteiger partial charge in [-0.1, -0.05) is 0 Å². The zero-order valence-electron chi connectivity index (χ0n) is 7.71. The molecule has 2 atom stereocenters. The first-order valence-corrected chi connectivity index (χ1v) is 4.34. The van der Waals surface area contributed by atoms with Crippen molar-refractivity contribution in [1.29, 1.82) is 0 Å². The van der Waals surface area contributed by atoms with E-state index in [1.165, 1.54) is 7.05 Å². The zero-order valence-corrected chi connectivity index (χ0v) is 7.71. The first-order chi connectivity index (χ1) is 6.34. The molecular formula is C8H12F3NO2. The maximum Gasteiger partial charge on any atom is 0.404 e. The molecule has 14 heavy (non-hydrogen) atoms. The molecule has 0 aromatic carbocycles. The highest BCUT2D eigenvalue weighted by Crippen LogP contribution is 2.34. The minimum Gasteiger partial charge on any atom is -0.481 e. The van der Waals surface area contributed by atoms with Gasteiger partial charge in [0.05, 0.1) is 5.92 Å². The fraction of sp³-hybridized carbons (Fsp3) is 0.875. The minimum atomic E-state index is -4.46. The molecule has 6 heteroatoms. The number of nitrogens with zero attached hydrogens (tertiary/aromatic N) is 1. The van der Waals surface area contributed by atoms with Crippen LogP contribution in [0, 0.1) is 5.92 Å². The molecule has 0 spiro atoms. The Bertz CT molecular complexity index is 229. The molecule has 0 aromatic heterocycles. The van der Waals surface area contributed by atoms with Gasteiger partial charge in [0.25, 0.3) is 0 Å². The van der Waals surface area contributed by atoms with Gasteiger partial charge in [0, 0.05) is 0 Å². The highest BCUT2D eigenvalue weighted by Gasteiger charge is 2.51. The van der Waals surface area contributed by atoms with Gasteiger partial charge in [0.15, 0.2) is 0 Å². The molecule has 0 aromatic rings. The summed E-state index contributed by atoms with van der Waals surface area (Å²) < 4.78 is 37.5. The molecule has 0 saturated carbocycles. The summed E-state index contributed by atoms with van der Waals surface area (Å²) in [6, 6.07) is -1.84. The molecule has 1 N–H and O–H groups in total. The van der Waals surface area contributed by atoms with E-state index in [0.717, 1.165) is 4.90 Å². The molecule has 1 saturated heterocycles. The largest absolute Gasteiger partial charge is 0.481 e. The van der Waals surface area contributed by atoms with E-state index in [1.807, 2.05) is 0 Å². The highest BCUT2D eigenvalue weighted by atomic mass is 19.4. The van der Waals surface area contributed by atoms with Crippen molar-refractivity contribution in [3.8, 4) is 0 Å². The summed E-state index contributed by atoms with van der Waals surface area (Å²) in [5.74, 6) is -2.69. The van der Waals surface area contributed by atoms with E-state index in [0.29, 0.717) is 13.0 Å². The summed E-state index contributed by atoms with van der Waals surface area (Å²) in [5, 5.41) is 8.66. The summed E-state index contributed by atoms with van der Waals surface area (Å²) >= 11 is 0. The Morgan fingerprint density at radius 2 is 2.07 bits per heavy atom. The van der Waals surface area contributed by atoms with Gasteiger partial charge < -0.3 is 5.11 Å². The van der Waals surface area contributed by atoms with Crippen molar-refractivity contribution < 1.29 is 23.1 Å². The van der Waals surface area contributed by atoms with E-state index in [-0.39, 0.29) is 6.42 Å². The van der Waals surface area contributed by atoms with Crippen molar-refractivity contribution >= 4 is 5.97 Å². The van der Waals surface area contributed by atoms with Crippen LogP contribution in [0.3, 0.4) is 0 Å². The monoisotopic (exact) mass is 211 g/mol. The lowest BCUT2D eigenvalue weighted by atomic mass is 9.89. The van der Waals surface area contributed by atoms with E-state index in [2.05, 4.69) is 0 Å². The molecule has 82 valence electrons. The Balaban J connectivity index is 2.87. The van der Waals surface area contributed by atoms with Gasteiger partial charge in [-0.15, -0.1) is 0 Å². The Hall–Kier alpha value is -0.780. The Labute approximate surface area is 79.5 Å². The Morgan fingerprint density at radius 1 is 1.50 bits per heavy atom. The molecule has 1 aliphatic rings. The molecule has 0 amide bonds. The van der Waals surface area contributed by atoms with Crippen molar-refractivity contribution in [3.63, 3.8) is 0 Å². The summed E-state index contributed by atoms with van der Waals surface area (Å²) in [7, 11) is 1.31. The third kappa shape index (κ3) is 2.17. The lowest BCUT2D eigenvalue weighted by Crippen LogP contribution is -2.54. The van der Waals surface area contributed by atoms with Gasteiger partial charge in [-0.05, 0) is 26.4 Å². The maximum absolute atomic E-state index is 12.5. The number of hydrogen-bond acceptors (Lipinski definition) is 2. The lowest BCUT2D eigenvalue weighted by molar-refractivity contribution is -0.207. The third-order valence-electron chi connectivity index (χ3n) is 2.53. The topological polar surface area (TPSA) is 40.5 Å². The van der Waals surface area contributed by atoms with Crippen molar-refractivity contribution in [1.82, 2.24) is 4.90 Å². The van der Waals surface area contributed by atoms with Crippen LogP contribution in [0.1, 0.15) is 12.8 Å². The van der Waals surface area contributed by atoms with Crippen LogP contribution in [0.4, 0.5) is 13.2 Å². The smallest absolute Gasteiger partial charge is 0.404 e. The molecule has 0 bridgehead atoms. The van der Waals surface area contributed by atoms with Crippen LogP contribution in [0.25, 0.3) is 0 Å². The van der Waals surface area contributed by atoms with Gasteiger partial charge in [-0.25, -0.2) is 0 Å². The van der Waals surface area contributed by atoms with Crippen LogP contribution in [0.2, 0.25) is 0 Å². The number of halogens is 3. The fourth-order valence-electron chi connectivity index (χ4n) is 1.90. The summed E-state index contributed by atoms with van der Waals surface area (Å²) in [6.45, 7) is 0.300. The molecule has 3 nitrogen and oxygen atoms in total. The summed E-state index contributed by atoms with van der Waals surface area (Å²) in [6.07, 6.45) is -3.86. The van der Waals surface area contributed by atoms with E-state index >= 15 is 0 Å². The van der Waals surface area contributed by atoms with Crippen LogP contribution < -0.4 is 0 Å². The Kier molecular flexibility index (Phi) is 3.04. The number of hydrogen-bond donors (Lipinski definition) is 1. The number of rotatable bonds is 1. The normalized spacial score (nSPS) is 30.3. The van der Waals surface area contributed by atoms with E-state index < -0.39 is 24.1 Å². The van der Waals surface area contributed by atoms with E-state index in [4.69, 9.17) is 5.11 Å². The molecule has 1 heterocycles. The molecule has 0 aliphatic carbocycles. The average Bonchev–Trinajstić information content (AvgIpc) is 2.01. The number of carbonyl (C=O) groups is 1. The number of alkyl halides is 3.